The van der Waals surface area contributed by atoms with Crippen LogP contribution in [0.15, 0.2) is 24.3 Å². The summed E-state index contributed by atoms with van der Waals surface area (Å²) in [6.07, 6.45) is 21.2. The number of nitrogens with zero attached hydrogens (tertiary/aromatic N) is 4. The summed E-state index contributed by atoms with van der Waals surface area (Å²) >= 11 is 6.30. The van der Waals surface area contributed by atoms with Crippen molar-refractivity contribution in [3.05, 3.63) is 29.5 Å². The molecule has 0 bridgehead atoms. The van der Waals surface area contributed by atoms with Crippen molar-refractivity contribution in [3.8, 4) is 0 Å². The molecule has 3 fully saturated rings. The molecule has 2 aromatic rings. The summed E-state index contributed by atoms with van der Waals surface area (Å²) in [5.74, 6) is 5.33. The van der Waals surface area contributed by atoms with E-state index in [-0.39, 0.29) is 0 Å². The van der Waals surface area contributed by atoms with E-state index in [9.17, 15) is 0 Å². The lowest BCUT2D eigenvalue weighted by Crippen LogP contribution is -2.50. The van der Waals surface area contributed by atoms with Crippen LogP contribution in [0, 0.1) is 46.3 Å². The molecule has 0 radical (unpaired) electrons. The third-order valence-corrected chi connectivity index (χ3v) is 12.3. The lowest BCUT2D eigenvalue weighted by atomic mass is 9.47. The van der Waals surface area contributed by atoms with E-state index in [4.69, 9.17) is 11.6 Å². The van der Waals surface area contributed by atoms with Crippen LogP contribution < -0.4 is 0 Å². The Morgan fingerprint density at radius 1 is 1.00 bits per heavy atom. The predicted octanol–water partition coefficient (Wildman–Crippen LogP) is 9.06. The standard InChI is InChI=1S/C32H47ClN4/c1-20(2)7-6-8-21(3)25-11-12-26-24-10-9-22-17-23(37-19-36-28-29(33)34-18-35-30(28)37)13-15-31(22,4)27(24)14-16-32(25,26)5/h9,18-21,23-27H,6-8,10-17H2,1-5H3/t21-,23+,24+,25-,26+,27+,31+,32-/m1/s1. The first-order chi connectivity index (χ1) is 17.7. The summed E-state index contributed by atoms with van der Waals surface area (Å²) in [6, 6.07) is 0.420. The second kappa shape index (κ2) is 9.65. The molecular formula is C32H47ClN4. The molecule has 4 aliphatic carbocycles. The highest BCUT2D eigenvalue weighted by molar-refractivity contribution is 6.33. The van der Waals surface area contributed by atoms with Crippen molar-refractivity contribution in [2.24, 2.45) is 46.3 Å². The van der Waals surface area contributed by atoms with Crippen molar-refractivity contribution in [2.75, 3.05) is 0 Å². The van der Waals surface area contributed by atoms with E-state index in [1.54, 1.807) is 11.9 Å². The maximum atomic E-state index is 6.30. The van der Waals surface area contributed by atoms with Gasteiger partial charge in [0.05, 0.1) is 6.33 Å². The van der Waals surface area contributed by atoms with E-state index in [2.05, 4.69) is 60.2 Å². The van der Waals surface area contributed by atoms with E-state index in [0.717, 1.165) is 53.1 Å². The fraction of sp³-hybridized carbons (Fsp3) is 0.781. The van der Waals surface area contributed by atoms with Gasteiger partial charge in [-0.2, -0.15) is 0 Å². The zero-order valence-electron chi connectivity index (χ0n) is 23.7. The Kier molecular flexibility index (Phi) is 6.74. The Hall–Kier alpha value is -1.42. The number of aromatic nitrogens is 4. The Balaban J connectivity index is 1.20. The van der Waals surface area contributed by atoms with Crippen molar-refractivity contribution in [2.45, 2.75) is 111 Å². The van der Waals surface area contributed by atoms with Crippen LogP contribution in [-0.4, -0.2) is 19.5 Å². The van der Waals surface area contributed by atoms with Crippen LogP contribution in [0.5, 0.6) is 0 Å². The third kappa shape index (κ3) is 4.19. The van der Waals surface area contributed by atoms with Crippen LogP contribution in [0.2, 0.25) is 5.15 Å². The SMILES string of the molecule is CC(C)CCC[C@@H](C)[C@H]1CC[C@H]2[C@@H]3CC=C4C[C@@H](n5cnc6c(Cl)ncnc65)CC[C@]4(C)[C@H]3CC[C@]12C. The van der Waals surface area contributed by atoms with E-state index in [1.807, 2.05) is 6.33 Å². The summed E-state index contributed by atoms with van der Waals surface area (Å²) in [4.78, 5) is 13.2. The smallest absolute Gasteiger partial charge is 0.165 e. The van der Waals surface area contributed by atoms with E-state index >= 15 is 0 Å². The fourth-order valence-electron chi connectivity index (χ4n) is 9.99. The van der Waals surface area contributed by atoms with Crippen molar-refractivity contribution < 1.29 is 0 Å². The molecule has 202 valence electrons. The molecule has 0 aliphatic heterocycles. The number of halogens is 1. The molecule has 0 amide bonds. The van der Waals surface area contributed by atoms with Gasteiger partial charge < -0.3 is 4.57 Å². The van der Waals surface area contributed by atoms with E-state index in [0.29, 0.717) is 22.0 Å². The number of fused-ring (bicyclic) bond motifs is 6. The topological polar surface area (TPSA) is 43.6 Å². The third-order valence-electron chi connectivity index (χ3n) is 12.0. The van der Waals surface area contributed by atoms with Crippen LogP contribution in [0.3, 0.4) is 0 Å². The highest BCUT2D eigenvalue weighted by Crippen LogP contribution is 2.67. The lowest BCUT2D eigenvalue weighted by molar-refractivity contribution is -0.0522. The van der Waals surface area contributed by atoms with Crippen molar-refractivity contribution in [3.63, 3.8) is 0 Å². The second-order valence-electron chi connectivity index (χ2n) is 14.2. The summed E-state index contributed by atoms with van der Waals surface area (Å²) in [5.41, 5.74) is 4.26. The quantitative estimate of drug-likeness (QED) is 0.280. The van der Waals surface area contributed by atoms with Gasteiger partial charge in [-0.25, -0.2) is 15.0 Å². The molecule has 3 saturated carbocycles. The highest BCUT2D eigenvalue weighted by Gasteiger charge is 2.59. The maximum absolute atomic E-state index is 6.30. The molecule has 0 aromatic carbocycles. The van der Waals surface area contributed by atoms with Gasteiger partial charge in [-0.1, -0.05) is 77.1 Å². The highest BCUT2D eigenvalue weighted by atomic mass is 35.5. The fourth-order valence-corrected chi connectivity index (χ4v) is 10.2. The molecule has 0 saturated heterocycles. The first kappa shape index (κ1) is 25.8. The zero-order chi connectivity index (χ0) is 25.9. The van der Waals surface area contributed by atoms with E-state index < -0.39 is 0 Å². The van der Waals surface area contributed by atoms with Crippen molar-refractivity contribution in [1.82, 2.24) is 19.5 Å². The normalized spacial score (nSPS) is 38.2. The monoisotopic (exact) mass is 522 g/mol. The van der Waals surface area contributed by atoms with Crippen LogP contribution >= 0.6 is 11.6 Å². The van der Waals surface area contributed by atoms with Gasteiger partial charge in [0.1, 0.15) is 11.8 Å². The van der Waals surface area contributed by atoms with Gasteiger partial charge in [0, 0.05) is 6.04 Å². The van der Waals surface area contributed by atoms with Crippen LogP contribution in [-0.2, 0) is 0 Å². The largest absolute Gasteiger partial charge is 0.312 e. The summed E-state index contributed by atoms with van der Waals surface area (Å²) in [7, 11) is 0. The molecule has 2 heterocycles. The first-order valence-corrected chi connectivity index (χ1v) is 15.6. The van der Waals surface area contributed by atoms with Gasteiger partial charge in [-0.15, -0.1) is 0 Å². The van der Waals surface area contributed by atoms with Crippen molar-refractivity contribution >= 4 is 22.8 Å². The molecule has 0 N–H and O–H groups in total. The van der Waals surface area contributed by atoms with Crippen LogP contribution in [0.1, 0.15) is 111 Å². The summed E-state index contributed by atoms with van der Waals surface area (Å²) in [5, 5.41) is 0.457. The minimum absolute atomic E-state index is 0.366. The average Bonchev–Trinajstić information content (AvgIpc) is 3.45. The van der Waals surface area contributed by atoms with E-state index in [1.165, 1.54) is 64.2 Å². The second-order valence-corrected chi connectivity index (χ2v) is 14.5. The number of imidazole rings is 1. The van der Waals surface area contributed by atoms with Crippen LogP contribution in [0.4, 0.5) is 0 Å². The predicted molar refractivity (Wildman–Crippen MR) is 152 cm³/mol. The lowest BCUT2D eigenvalue weighted by Gasteiger charge is -2.58. The Bertz CT molecular complexity index is 1170. The molecule has 4 aliphatic rings. The number of allylic oxidation sites excluding steroid dienone is 2. The van der Waals surface area contributed by atoms with Gasteiger partial charge in [0.2, 0.25) is 0 Å². The molecule has 0 spiro atoms. The Labute approximate surface area is 229 Å². The number of rotatable bonds is 6. The minimum Gasteiger partial charge on any atom is -0.312 e. The number of hydrogen-bond donors (Lipinski definition) is 0. The summed E-state index contributed by atoms with van der Waals surface area (Å²) in [6.45, 7) is 12.7. The molecule has 2 aromatic heterocycles. The van der Waals surface area contributed by atoms with Gasteiger partial charge in [0.25, 0.3) is 0 Å². The molecule has 5 heteroatoms. The molecule has 6 rings (SSSR count). The molecule has 37 heavy (non-hydrogen) atoms. The minimum atomic E-state index is 0.366. The summed E-state index contributed by atoms with van der Waals surface area (Å²) < 4.78 is 2.27. The average molecular weight is 523 g/mol. The molecule has 0 unspecified atom stereocenters. The molecule has 4 nitrogen and oxygen atoms in total. The Morgan fingerprint density at radius 2 is 1.84 bits per heavy atom. The molecule has 8 atom stereocenters. The first-order valence-electron chi connectivity index (χ1n) is 15.2. The molecular weight excluding hydrogens is 476 g/mol. The number of hydrogen-bond acceptors (Lipinski definition) is 3. The van der Waals surface area contributed by atoms with Crippen LogP contribution in [0.25, 0.3) is 11.2 Å². The zero-order valence-corrected chi connectivity index (χ0v) is 24.5. The van der Waals surface area contributed by atoms with Gasteiger partial charge >= 0.3 is 0 Å². The Morgan fingerprint density at radius 3 is 2.65 bits per heavy atom. The van der Waals surface area contributed by atoms with Gasteiger partial charge in [-0.3, -0.25) is 0 Å². The van der Waals surface area contributed by atoms with Crippen molar-refractivity contribution in [1.29, 1.82) is 0 Å². The maximum Gasteiger partial charge on any atom is 0.165 e. The van der Waals surface area contributed by atoms with Gasteiger partial charge in [0.15, 0.2) is 10.8 Å². The van der Waals surface area contributed by atoms with Gasteiger partial charge in [-0.05, 0) is 97.7 Å².